The Bertz CT molecular complexity index is 579. The molecule has 2 aromatic rings. The molecule has 0 amide bonds. The molecule has 2 aromatic carbocycles. The number of aromatic hydroxyl groups is 1. The lowest BCUT2D eigenvalue weighted by atomic mass is 10.2. The van der Waals surface area contributed by atoms with Crippen LogP contribution in [-0.4, -0.2) is 5.11 Å². The van der Waals surface area contributed by atoms with Crippen LogP contribution < -0.4 is 10.5 Å². The first-order valence-electron chi connectivity index (χ1n) is 5.30. The van der Waals surface area contributed by atoms with Crippen LogP contribution in [0.15, 0.2) is 42.5 Å². The Kier molecular flexibility index (Phi) is 3.25. The van der Waals surface area contributed by atoms with Crippen LogP contribution in [0, 0.1) is 0 Å². The average molecular weight is 269 g/mol. The minimum absolute atomic E-state index is 0.0835. The first-order valence-corrected chi connectivity index (χ1v) is 5.30. The zero-order valence-corrected chi connectivity index (χ0v) is 9.61. The lowest BCUT2D eigenvalue weighted by molar-refractivity contribution is -0.137. The van der Waals surface area contributed by atoms with Crippen LogP contribution in [0.3, 0.4) is 0 Å². The summed E-state index contributed by atoms with van der Waals surface area (Å²) in [5, 5.41) is 9.23. The molecule has 0 fully saturated rings. The van der Waals surface area contributed by atoms with Crippen molar-refractivity contribution in [1.82, 2.24) is 0 Å². The third-order valence-corrected chi connectivity index (χ3v) is 2.42. The van der Waals surface area contributed by atoms with Gasteiger partial charge in [-0.25, -0.2) is 0 Å². The van der Waals surface area contributed by atoms with Gasteiger partial charge < -0.3 is 15.6 Å². The van der Waals surface area contributed by atoms with Gasteiger partial charge in [-0.15, -0.1) is 0 Å². The molecular formula is C13H10F3NO2. The Labute approximate surface area is 107 Å². The minimum atomic E-state index is -4.37. The number of phenols is 1. The summed E-state index contributed by atoms with van der Waals surface area (Å²) in [7, 11) is 0. The topological polar surface area (TPSA) is 55.5 Å². The molecule has 0 aliphatic carbocycles. The first kappa shape index (κ1) is 13.1. The van der Waals surface area contributed by atoms with Gasteiger partial charge in [0, 0.05) is 6.07 Å². The van der Waals surface area contributed by atoms with Gasteiger partial charge in [0.25, 0.3) is 0 Å². The Hall–Kier alpha value is -2.37. The maximum atomic E-state index is 12.4. The van der Waals surface area contributed by atoms with Crippen LogP contribution in [0.2, 0.25) is 0 Å². The van der Waals surface area contributed by atoms with Gasteiger partial charge in [-0.1, -0.05) is 0 Å². The molecular weight excluding hydrogens is 259 g/mol. The van der Waals surface area contributed by atoms with Crippen molar-refractivity contribution in [2.75, 3.05) is 5.73 Å². The lowest BCUT2D eigenvalue weighted by Gasteiger charge is -2.09. The number of phenolic OH excluding ortho intramolecular Hbond substituents is 1. The molecule has 6 heteroatoms. The molecule has 19 heavy (non-hydrogen) atoms. The van der Waals surface area contributed by atoms with Crippen molar-refractivity contribution in [1.29, 1.82) is 0 Å². The molecule has 3 nitrogen and oxygen atoms in total. The third-order valence-electron chi connectivity index (χ3n) is 2.42. The second-order valence-electron chi connectivity index (χ2n) is 3.84. The molecule has 0 spiro atoms. The summed E-state index contributed by atoms with van der Waals surface area (Å²) in [5.41, 5.74) is 4.86. The zero-order chi connectivity index (χ0) is 14.0. The van der Waals surface area contributed by atoms with Gasteiger partial charge in [0.1, 0.15) is 17.2 Å². The van der Waals surface area contributed by atoms with E-state index in [0.29, 0.717) is 5.75 Å². The van der Waals surface area contributed by atoms with Crippen molar-refractivity contribution < 1.29 is 23.0 Å². The van der Waals surface area contributed by atoms with Gasteiger partial charge in [0.15, 0.2) is 0 Å². The Morgan fingerprint density at radius 2 is 1.53 bits per heavy atom. The summed E-state index contributed by atoms with van der Waals surface area (Å²) < 4.78 is 42.4. The van der Waals surface area contributed by atoms with Crippen molar-refractivity contribution in [3.63, 3.8) is 0 Å². The third kappa shape index (κ3) is 3.09. The fourth-order valence-electron chi connectivity index (χ4n) is 1.44. The monoisotopic (exact) mass is 269 g/mol. The number of hydrogen-bond donors (Lipinski definition) is 2. The van der Waals surface area contributed by atoms with Crippen LogP contribution in [-0.2, 0) is 6.18 Å². The molecule has 0 atom stereocenters. The summed E-state index contributed by atoms with van der Waals surface area (Å²) in [6.45, 7) is 0. The Morgan fingerprint density at radius 3 is 2.05 bits per heavy atom. The number of nitrogen functional groups attached to an aromatic ring is 1. The van der Waals surface area contributed by atoms with Crippen LogP contribution in [0.5, 0.6) is 17.2 Å². The number of hydrogen-bond acceptors (Lipinski definition) is 3. The maximum Gasteiger partial charge on any atom is 0.416 e. The summed E-state index contributed by atoms with van der Waals surface area (Å²) in [5.74, 6) is 0.493. The number of nitrogens with two attached hydrogens (primary N) is 1. The van der Waals surface area contributed by atoms with Gasteiger partial charge in [0.05, 0.1) is 11.3 Å². The Balaban J connectivity index is 2.17. The molecule has 0 aliphatic rings. The van der Waals surface area contributed by atoms with Crippen LogP contribution in [0.4, 0.5) is 18.9 Å². The van der Waals surface area contributed by atoms with Gasteiger partial charge in [-0.3, -0.25) is 0 Å². The first-order chi connectivity index (χ1) is 8.86. The molecule has 0 aromatic heterocycles. The molecule has 100 valence electrons. The quantitative estimate of drug-likeness (QED) is 0.644. The standard InChI is InChI=1S/C13H10F3NO2/c14-13(15,16)8-1-3-9(4-2-8)19-10-5-6-12(18)11(17)7-10/h1-7,18H,17H2. The van der Waals surface area contributed by atoms with Crippen molar-refractivity contribution in [3.05, 3.63) is 48.0 Å². The van der Waals surface area contributed by atoms with E-state index < -0.39 is 11.7 Å². The Morgan fingerprint density at radius 1 is 0.947 bits per heavy atom. The highest BCUT2D eigenvalue weighted by atomic mass is 19.4. The predicted molar refractivity (Wildman–Crippen MR) is 64.0 cm³/mol. The molecule has 0 saturated heterocycles. The van der Waals surface area contributed by atoms with E-state index in [0.717, 1.165) is 12.1 Å². The van der Waals surface area contributed by atoms with Crippen molar-refractivity contribution >= 4 is 5.69 Å². The summed E-state index contributed by atoms with van der Waals surface area (Å²) in [6.07, 6.45) is -4.37. The summed E-state index contributed by atoms with van der Waals surface area (Å²) in [4.78, 5) is 0. The minimum Gasteiger partial charge on any atom is -0.506 e. The summed E-state index contributed by atoms with van der Waals surface area (Å²) >= 11 is 0. The SMILES string of the molecule is Nc1cc(Oc2ccc(C(F)(F)F)cc2)ccc1O. The van der Waals surface area contributed by atoms with E-state index in [1.165, 1.54) is 30.3 Å². The van der Waals surface area contributed by atoms with Crippen LogP contribution in [0.1, 0.15) is 5.56 Å². The largest absolute Gasteiger partial charge is 0.506 e. The van der Waals surface area contributed by atoms with Gasteiger partial charge in [-0.05, 0) is 36.4 Å². The second kappa shape index (κ2) is 4.72. The van der Waals surface area contributed by atoms with Crippen molar-refractivity contribution in [3.8, 4) is 17.2 Å². The van der Waals surface area contributed by atoms with E-state index in [1.54, 1.807) is 0 Å². The fourth-order valence-corrected chi connectivity index (χ4v) is 1.44. The highest BCUT2D eigenvalue weighted by Gasteiger charge is 2.30. The predicted octanol–water partition coefficient (Wildman–Crippen LogP) is 3.79. The number of ether oxygens (including phenoxy) is 1. The van der Waals surface area contributed by atoms with Crippen molar-refractivity contribution in [2.45, 2.75) is 6.18 Å². The van der Waals surface area contributed by atoms with Gasteiger partial charge >= 0.3 is 6.18 Å². The van der Waals surface area contributed by atoms with E-state index in [2.05, 4.69) is 0 Å². The molecule has 2 rings (SSSR count). The molecule has 0 radical (unpaired) electrons. The van der Waals surface area contributed by atoms with Gasteiger partial charge in [-0.2, -0.15) is 13.2 Å². The maximum absolute atomic E-state index is 12.4. The number of anilines is 1. The molecule has 0 unspecified atom stereocenters. The normalized spacial score (nSPS) is 11.3. The summed E-state index contributed by atoms with van der Waals surface area (Å²) in [6, 6.07) is 8.47. The lowest BCUT2D eigenvalue weighted by Crippen LogP contribution is -2.03. The molecule has 0 saturated carbocycles. The van der Waals surface area contributed by atoms with E-state index in [-0.39, 0.29) is 17.2 Å². The van der Waals surface area contributed by atoms with Gasteiger partial charge in [0.2, 0.25) is 0 Å². The number of rotatable bonds is 2. The van der Waals surface area contributed by atoms with Crippen LogP contribution >= 0.6 is 0 Å². The molecule has 0 aliphatic heterocycles. The highest BCUT2D eigenvalue weighted by Crippen LogP contribution is 2.32. The smallest absolute Gasteiger partial charge is 0.416 e. The average Bonchev–Trinajstić information content (AvgIpc) is 2.33. The zero-order valence-electron chi connectivity index (χ0n) is 9.61. The number of alkyl halides is 3. The molecule has 0 heterocycles. The molecule has 0 bridgehead atoms. The van der Waals surface area contributed by atoms with Crippen LogP contribution in [0.25, 0.3) is 0 Å². The van der Waals surface area contributed by atoms with E-state index in [1.807, 2.05) is 0 Å². The second-order valence-corrected chi connectivity index (χ2v) is 3.84. The van der Waals surface area contributed by atoms with E-state index in [4.69, 9.17) is 10.5 Å². The fraction of sp³-hybridized carbons (Fsp3) is 0.0769. The van der Waals surface area contributed by atoms with E-state index >= 15 is 0 Å². The van der Waals surface area contributed by atoms with E-state index in [9.17, 15) is 18.3 Å². The number of benzene rings is 2. The van der Waals surface area contributed by atoms with Crippen molar-refractivity contribution in [2.24, 2.45) is 0 Å². The number of halogens is 3. The molecule has 3 N–H and O–H groups in total. The highest BCUT2D eigenvalue weighted by molar-refractivity contribution is 5.55.